The number of fused-ring (bicyclic) bond motifs is 1. The first-order valence-corrected chi connectivity index (χ1v) is 12.3. The zero-order valence-corrected chi connectivity index (χ0v) is 21.6. The van der Waals surface area contributed by atoms with Crippen LogP contribution >= 0.6 is 0 Å². The van der Waals surface area contributed by atoms with E-state index >= 15 is 0 Å². The molecule has 196 valence electrons. The summed E-state index contributed by atoms with van der Waals surface area (Å²) in [6.07, 6.45) is 0.132. The van der Waals surface area contributed by atoms with Crippen molar-refractivity contribution >= 4 is 28.7 Å². The third kappa shape index (κ3) is 6.86. The van der Waals surface area contributed by atoms with Gasteiger partial charge in [-0.25, -0.2) is 14.4 Å². The lowest BCUT2D eigenvalue weighted by molar-refractivity contribution is -0.173. The Kier molecular flexibility index (Phi) is 8.89. The molecule has 8 heteroatoms. The van der Waals surface area contributed by atoms with E-state index in [0.29, 0.717) is 0 Å². The molecule has 0 bridgehead atoms. The number of hydrogen-bond acceptors (Lipinski definition) is 5. The van der Waals surface area contributed by atoms with Gasteiger partial charge in [0.25, 0.3) is 0 Å². The number of carboxylic acid groups (broad SMARTS) is 1. The lowest BCUT2D eigenvalue weighted by Gasteiger charge is -2.35. The molecule has 0 spiro atoms. The van der Waals surface area contributed by atoms with Gasteiger partial charge in [0, 0.05) is 13.0 Å². The molecule has 3 aromatic carbocycles. The number of carbonyl (C=O) groups excluding carboxylic acids is 2. The van der Waals surface area contributed by atoms with Crippen molar-refractivity contribution in [3.8, 4) is 11.1 Å². The maximum absolute atomic E-state index is 13.1. The smallest absolute Gasteiger partial charge is 0.357 e. The molecule has 2 atom stereocenters. The first kappa shape index (κ1) is 27.7. The van der Waals surface area contributed by atoms with Gasteiger partial charge < -0.3 is 20.3 Å². The zero-order valence-electron chi connectivity index (χ0n) is 21.6. The minimum atomic E-state index is -2.45. The van der Waals surface area contributed by atoms with Crippen LogP contribution in [0.1, 0.15) is 33.3 Å². The Morgan fingerprint density at radius 1 is 0.973 bits per heavy atom. The van der Waals surface area contributed by atoms with Crippen LogP contribution in [0.2, 0.25) is 0 Å². The number of carbonyl (C=O) groups is 3. The molecule has 0 saturated heterocycles. The highest BCUT2D eigenvalue weighted by molar-refractivity contribution is 5.88. The Morgan fingerprint density at radius 2 is 1.59 bits per heavy atom. The number of urea groups is 1. The lowest BCUT2D eigenvalue weighted by atomic mass is 9.98. The molecule has 3 aromatic rings. The van der Waals surface area contributed by atoms with Crippen LogP contribution in [0.25, 0.3) is 21.9 Å². The molecular formula is C29H34N2O6. The first-order chi connectivity index (χ1) is 17.5. The Morgan fingerprint density at radius 3 is 2.19 bits per heavy atom. The van der Waals surface area contributed by atoms with Gasteiger partial charge in [0.05, 0.1) is 6.61 Å². The summed E-state index contributed by atoms with van der Waals surface area (Å²) in [6.45, 7) is 6.36. The molecule has 0 fully saturated rings. The number of ether oxygens (including phenoxy) is 1. The number of aliphatic carboxylic acids is 1. The molecule has 0 aliphatic heterocycles. The Labute approximate surface area is 216 Å². The van der Waals surface area contributed by atoms with Crippen LogP contribution in [0.3, 0.4) is 0 Å². The van der Waals surface area contributed by atoms with Gasteiger partial charge in [0.1, 0.15) is 6.04 Å². The molecule has 0 aliphatic carbocycles. The Balaban J connectivity index is 1.81. The third-order valence-corrected chi connectivity index (χ3v) is 6.07. The van der Waals surface area contributed by atoms with Crippen molar-refractivity contribution in [2.45, 2.75) is 45.9 Å². The van der Waals surface area contributed by atoms with Gasteiger partial charge in [0.2, 0.25) is 5.72 Å². The largest absolute Gasteiger partial charge is 0.478 e. The highest BCUT2D eigenvalue weighted by atomic mass is 16.5. The molecule has 3 rings (SSSR count). The van der Waals surface area contributed by atoms with Crippen LogP contribution in [-0.2, 0) is 20.7 Å². The summed E-state index contributed by atoms with van der Waals surface area (Å²) in [5, 5.41) is 24.8. The van der Waals surface area contributed by atoms with Crippen molar-refractivity contribution in [2.24, 2.45) is 5.92 Å². The minimum Gasteiger partial charge on any atom is -0.478 e. The van der Waals surface area contributed by atoms with Gasteiger partial charge in [-0.05, 0) is 53.3 Å². The molecule has 0 aliphatic rings. The van der Waals surface area contributed by atoms with E-state index in [1.54, 1.807) is 20.8 Å². The predicted molar refractivity (Wildman–Crippen MR) is 142 cm³/mol. The monoisotopic (exact) mass is 506 g/mol. The number of nitrogens with one attached hydrogen (secondary N) is 1. The number of benzene rings is 3. The Bertz CT molecular complexity index is 1250. The fourth-order valence-corrected chi connectivity index (χ4v) is 4.04. The zero-order chi connectivity index (χ0) is 27.2. The van der Waals surface area contributed by atoms with Crippen LogP contribution in [0.4, 0.5) is 4.79 Å². The van der Waals surface area contributed by atoms with Crippen LogP contribution in [-0.4, -0.2) is 58.0 Å². The SMILES string of the molecule is CCOC(=O)C(Cc1ccc(-c2ccc3ccccc3c2)cc1)NC(=O)N(CC(C)C)C(C)(O)C(=O)O. The van der Waals surface area contributed by atoms with E-state index in [4.69, 9.17) is 4.74 Å². The maximum Gasteiger partial charge on any atom is 0.357 e. The van der Waals surface area contributed by atoms with Crippen molar-refractivity contribution in [2.75, 3.05) is 13.2 Å². The maximum atomic E-state index is 13.1. The van der Waals surface area contributed by atoms with E-state index < -0.39 is 29.7 Å². The van der Waals surface area contributed by atoms with E-state index in [-0.39, 0.29) is 25.5 Å². The van der Waals surface area contributed by atoms with Crippen LogP contribution in [0.5, 0.6) is 0 Å². The number of esters is 1. The summed E-state index contributed by atoms with van der Waals surface area (Å²) in [5.41, 5.74) is 0.394. The number of carboxylic acids is 1. The van der Waals surface area contributed by atoms with Gasteiger partial charge >= 0.3 is 18.0 Å². The number of hydrogen-bond donors (Lipinski definition) is 3. The molecule has 2 unspecified atom stereocenters. The molecule has 0 saturated carbocycles. The van der Waals surface area contributed by atoms with E-state index in [1.807, 2.05) is 36.4 Å². The fraction of sp³-hybridized carbons (Fsp3) is 0.345. The summed E-state index contributed by atoms with van der Waals surface area (Å²) < 4.78 is 5.15. The second-order valence-electron chi connectivity index (χ2n) is 9.55. The van der Waals surface area contributed by atoms with Gasteiger partial charge in [-0.3, -0.25) is 4.90 Å². The summed E-state index contributed by atoms with van der Waals surface area (Å²) in [4.78, 5) is 38.2. The van der Waals surface area contributed by atoms with E-state index in [1.165, 1.54) is 0 Å². The normalized spacial score (nSPS) is 13.6. The van der Waals surface area contributed by atoms with Crippen molar-refractivity contribution in [3.63, 3.8) is 0 Å². The molecule has 0 aromatic heterocycles. The summed E-state index contributed by atoms with van der Waals surface area (Å²) in [5.74, 6) is -2.34. The predicted octanol–water partition coefficient (Wildman–Crippen LogP) is 4.44. The standard InChI is InChI=1S/C29H34N2O6/c1-5-37-26(32)25(30-28(35)31(18-19(2)3)29(4,36)27(33)34)16-20-10-12-22(13-11-20)24-15-14-21-8-6-7-9-23(21)17-24/h6-15,17,19,25,36H,5,16,18H2,1-4H3,(H,30,35)(H,33,34). The molecular weight excluding hydrogens is 472 g/mol. The average Bonchev–Trinajstić information content (AvgIpc) is 2.86. The molecule has 0 heterocycles. The molecule has 0 radical (unpaired) electrons. The highest BCUT2D eigenvalue weighted by Crippen LogP contribution is 2.25. The third-order valence-electron chi connectivity index (χ3n) is 6.07. The van der Waals surface area contributed by atoms with Crippen molar-refractivity contribution in [1.29, 1.82) is 0 Å². The quantitative estimate of drug-likeness (QED) is 0.277. The average molecular weight is 507 g/mol. The summed E-state index contributed by atoms with van der Waals surface area (Å²) in [6, 6.07) is 20.1. The number of amides is 2. The van der Waals surface area contributed by atoms with Crippen molar-refractivity contribution in [1.82, 2.24) is 10.2 Å². The first-order valence-electron chi connectivity index (χ1n) is 12.3. The number of rotatable bonds is 10. The second-order valence-corrected chi connectivity index (χ2v) is 9.55. The van der Waals surface area contributed by atoms with Crippen molar-refractivity contribution < 1.29 is 29.3 Å². The molecule has 8 nitrogen and oxygen atoms in total. The van der Waals surface area contributed by atoms with E-state index in [9.17, 15) is 24.6 Å². The van der Waals surface area contributed by atoms with Gasteiger partial charge in [-0.2, -0.15) is 0 Å². The van der Waals surface area contributed by atoms with Crippen LogP contribution in [0, 0.1) is 5.92 Å². The molecule has 2 amide bonds. The minimum absolute atomic E-state index is 0.0267. The number of nitrogens with zero attached hydrogens (tertiary/aromatic N) is 1. The van der Waals surface area contributed by atoms with E-state index in [2.05, 4.69) is 35.6 Å². The molecule has 37 heavy (non-hydrogen) atoms. The topological polar surface area (TPSA) is 116 Å². The van der Waals surface area contributed by atoms with Crippen LogP contribution in [0.15, 0.2) is 66.7 Å². The lowest BCUT2D eigenvalue weighted by Crippen LogP contribution is -2.61. The molecule has 3 N–H and O–H groups in total. The van der Waals surface area contributed by atoms with Crippen LogP contribution < -0.4 is 5.32 Å². The van der Waals surface area contributed by atoms with Gasteiger partial charge in [-0.1, -0.05) is 74.5 Å². The number of aliphatic hydroxyl groups is 1. The van der Waals surface area contributed by atoms with Gasteiger partial charge in [-0.15, -0.1) is 0 Å². The second kappa shape index (κ2) is 11.9. The van der Waals surface area contributed by atoms with Gasteiger partial charge in [0.15, 0.2) is 0 Å². The summed E-state index contributed by atoms with van der Waals surface area (Å²) in [7, 11) is 0. The van der Waals surface area contributed by atoms with Crippen molar-refractivity contribution in [3.05, 3.63) is 72.3 Å². The highest BCUT2D eigenvalue weighted by Gasteiger charge is 2.42. The Hall–Kier alpha value is -3.91. The fourth-order valence-electron chi connectivity index (χ4n) is 4.04. The summed E-state index contributed by atoms with van der Waals surface area (Å²) >= 11 is 0. The van der Waals surface area contributed by atoms with E-state index in [0.717, 1.165) is 39.3 Å².